The lowest BCUT2D eigenvalue weighted by atomic mass is 10.1. The molecule has 0 aromatic heterocycles. The molecule has 10 N–H and O–H groups in total. The Morgan fingerprint density at radius 1 is 0.704 bits per heavy atom. The molecule has 1 heterocycles. The third-order valence-electron chi connectivity index (χ3n) is 4.06. The molecule has 1 fully saturated rings. The van der Waals surface area contributed by atoms with Crippen LogP contribution in [0.25, 0.3) is 0 Å². The first-order valence-corrected chi connectivity index (χ1v) is 9.44. The minimum absolute atomic E-state index is 0.689. The van der Waals surface area contributed by atoms with E-state index in [1.54, 1.807) is 12.1 Å². The highest BCUT2D eigenvalue weighted by Crippen LogP contribution is 2.30. The Kier molecular flexibility index (Phi) is 6.20. The van der Waals surface area contributed by atoms with Gasteiger partial charge in [-0.1, -0.05) is 0 Å². The minimum Gasteiger partial charge on any atom is -0.399 e. The van der Waals surface area contributed by atoms with Crippen LogP contribution in [0.3, 0.4) is 0 Å². The van der Waals surface area contributed by atoms with Crippen LogP contribution in [-0.2, 0) is 10.4 Å². The lowest BCUT2D eigenvalue weighted by Crippen LogP contribution is -2.47. The number of anilines is 6. The second-order valence-corrected chi connectivity index (χ2v) is 6.95. The van der Waals surface area contributed by atoms with E-state index < -0.39 is 10.4 Å². The van der Waals surface area contributed by atoms with E-state index in [1.807, 2.05) is 24.3 Å². The normalized spacial score (nSPS) is 14.4. The zero-order valence-corrected chi connectivity index (χ0v) is 15.4. The summed E-state index contributed by atoms with van der Waals surface area (Å²) >= 11 is 0. The highest BCUT2D eigenvalue weighted by atomic mass is 32.3. The second kappa shape index (κ2) is 8.20. The number of benzene rings is 2. The molecular formula is C16H24N6O4S. The Morgan fingerprint density at radius 3 is 1.26 bits per heavy atom. The van der Waals surface area contributed by atoms with Gasteiger partial charge in [0.2, 0.25) is 0 Å². The molecule has 148 valence electrons. The van der Waals surface area contributed by atoms with E-state index in [2.05, 4.69) is 9.80 Å². The lowest BCUT2D eigenvalue weighted by molar-refractivity contribution is 0.381. The van der Waals surface area contributed by atoms with Crippen LogP contribution in [0.1, 0.15) is 0 Å². The summed E-state index contributed by atoms with van der Waals surface area (Å²) < 4.78 is 31.6. The molecule has 1 aliphatic heterocycles. The molecule has 0 aliphatic carbocycles. The quantitative estimate of drug-likeness (QED) is 0.311. The van der Waals surface area contributed by atoms with Gasteiger partial charge in [-0.2, -0.15) is 8.42 Å². The number of nitrogens with two attached hydrogens (primary N) is 4. The lowest BCUT2D eigenvalue weighted by Gasteiger charge is -2.38. The maximum atomic E-state index is 8.74. The fraction of sp³-hybridized carbons (Fsp3) is 0.250. The van der Waals surface area contributed by atoms with Gasteiger partial charge in [0.1, 0.15) is 0 Å². The van der Waals surface area contributed by atoms with Gasteiger partial charge in [0.15, 0.2) is 0 Å². The van der Waals surface area contributed by atoms with Crippen LogP contribution in [-0.4, -0.2) is 43.7 Å². The van der Waals surface area contributed by atoms with E-state index >= 15 is 0 Å². The number of nitrogens with zero attached hydrogens (tertiary/aromatic N) is 2. The SMILES string of the molecule is Nc1ccc(N2CCN(c3ccc(N)cc3N)CC2)c(N)c1.O=S(=O)(O)O. The molecule has 0 spiro atoms. The fourth-order valence-electron chi connectivity index (χ4n) is 2.91. The Balaban J connectivity index is 0.000000465. The molecule has 11 heteroatoms. The molecule has 1 aliphatic rings. The molecule has 2 aromatic carbocycles. The summed E-state index contributed by atoms with van der Waals surface area (Å²) in [7, 11) is -4.67. The van der Waals surface area contributed by atoms with Gasteiger partial charge < -0.3 is 32.7 Å². The third kappa shape index (κ3) is 6.09. The van der Waals surface area contributed by atoms with Gasteiger partial charge in [-0.25, -0.2) is 0 Å². The minimum atomic E-state index is -4.67. The molecule has 0 amide bonds. The van der Waals surface area contributed by atoms with Gasteiger partial charge in [0, 0.05) is 37.6 Å². The summed E-state index contributed by atoms with van der Waals surface area (Å²) in [5, 5.41) is 0. The second-order valence-electron chi connectivity index (χ2n) is 6.06. The van der Waals surface area contributed by atoms with Crippen molar-refractivity contribution in [2.24, 2.45) is 0 Å². The highest BCUT2D eigenvalue weighted by Gasteiger charge is 2.20. The van der Waals surface area contributed by atoms with Gasteiger partial charge >= 0.3 is 10.4 Å². The molecule has 0 unspecified atom stereocenters. The van der Waals surface area contributed by atoms with E-state index in [1.165, 1.54) is 0 Å². The average Bonchev–Trinajstić information content (AvgIpc) is 2.54. The number of hydrogen-bond donors (Lipinski definition) is 6. The molecule has 0 saturated carbocycles. The maximum Gasteiger partial charge on any atom is 0.394 e. The summed E-state index contributed by atoms with van der Waals surface area (Å²) in [6.45, 7) is 3.55. The van der Waals surface area contributed by atoms with E-state index in [0.717, 1.165) is 48.9 Å². The van der Waals surface area contributed by atoms with Crippen LogP contribution in [0, 0.1) is 0 Å². The molecule has 27 heavy (non-hydrogen) atoms. The highest BCUT2D eigenvalue weighted by molar-refractivity contribution is 7.79. The van der Waals surface area contributed by atoms with Gasteiger partial charge in [-0.15, -0.1) is 0 Å². The zero-order chi connectivity index (χ0) is 20.2. The molecule has 0 radical (unpaired) electrons. The van der Waals surface area contributed by atoms with Crippen molar-refractivity contribution >= 4 is 44.5 Å². The predicted octanol–water partition coefficient (Wildman–Crippen LogP) is 0.689. The summed E-state index contributed by atoms with van der Waals surface area (Å²) in [5.41, 5.74) is 28.6. The van der Waals surface area contributed by atoms with Crippen LogP contribution >= 0.6 is 0 Å². The van der Waals surface area contributed by atoms with Crippen LogP contribution in [0.5, 0.6) is 0 Å². The summed E-state index contributed by atoms with van der Waals surface area (Å²) in [4.78, 5) is 4.55. The van der Waals surface area contributed by atoms with E-state index in [0.29, 0.717) is 11.4 Å². The monoisotopic (exact) mass is 396 g/mol. The van der Waals surface area contributed by atoms with Crippen LogP contribution in [0.15, 0.2) is 36.4 Å². The van der Waals surface area contributed by atoms with Gasteiger partial charge in [-0.05, 0) is 36.4 Å². The number of hydrogen-bond acceptors (Lipinski definition) is 8. The van der Waals surface area contributed by atoms with Crippen molar-refractivity contribution in [3.63, 3.8) is 0 Å². The summed E-state index contributed by atoms with van der Waals surface area (Å²) in [6.07, 6.45) is 0. The molecule has 10 nitrogen and oxygen atoms in total. The topological polar surface area (TPSA) is 185 Å². The molecule has 0 atom stereocenters. The van der Waals surface area contributed by atoms with E-state index in [-0.39, 0.29) is 0 Å². The van der Waals surface area contributed by atoms with Crippen LogP contribution in [0.4, 0.5) is 34.1 Å². The molecule has 2 aromatic rings. The van der Waals surface area contributed by atoms with E-state index in [9.17, 15) is 0 Å². The molecule has 3 rings (SSSR count). The summed E-state index contributed by atoms with van der Waals surface area (Å²) in [6, 6.07) is 11.3. The molecule has 0 bridgehead atoms. The smallest absolute Gasteiger partial charge is 0.394 e. The van der Waals surface area contributed by atoms with Crippen molar-refractivity contribution in [1.29, 1.82) is 0 Å². The first-order chi connectivity index (χ1) is 12.5. The number of rotatable bonds is 2. The first kappa shape index (κ1) is 20.4. The largest absolute Gasteiger partial charge is 0.399 e. The maximum absolute atomic E-state index is 8.74. The van der Waals surface area contributed by atoms with Crippen molar-refractivity contribution in [2.45, 2.75) is 0 Å². The Hall–Kier alpha value is -2.89. The van der Waals surface area contributed by atoms with Crippen molar-refractivity contribution < 1.29 is 17.5 Å². The van der Waals surface area contributed by atoms with Gasteiger partial charge in [-0.3, -0.25) is 9.11 Å². The van der Waals surface area contributed by atoms with Crippen LogP contribution < -0.4 is 32.7 Å². The van der Waals surface area contributed by atoms with E-state index in [4.69, 9.17) is 40.5 Å². The Labute approximate surface area is 157 Å². The van der Waals surface area contributed by atoms with Crippen molar-refractivity contribution in [2.75, 3.05) is 58.9 Å². The Morgan fingerprint density at radius 2 is 1.00 bits per heavy atom. The van der Waals surface area contributed by atoms with Crippen molar-refractivity contribution in [3.05, 3.63) is 36.4 Å². The zero-order valence-electron chi connectivity index (χ0n) is 14.6. The fourth-order valence-corrected chi connectivity index (χ4v) is 2.91. The predicted molar refractivity (Wildman–Crippen MR) is 109 cm³/mol. The third-order valence-corrected chi connectivity index (χ3v) is 4.06. The molecular weight excluding hydrogens is 372 g/mol. The van der Waals surface area contributed by atoms with Crippen LogP contribution in [0.2, 0.25) is 0 Å². The number of nitrogen functional groups attached to an aromatic ring is 4. The average molecular weight is 396 g/mol. The molecule has 1 saturated heterocycles. The Bertz CT molecular complexity index is 830. The van der Waals surface area contributed by atoms with Crippen molar-refractivity contribution in [3.8, 4) is 0 Å². The van der Waals surface area contributed by atoms with Gasteiger partial charge in [0.25, 0.3) is 0 Å². The first-order valence-electron chi connectivity index (χ1n) is 8.04. The summed E-state index contributed by atoms with van der Waals surface area (Å²) in [5.74, 6) is 0. The standard InChI is InChI=1S/C16H22N6.H2O4S/c17-11-1-3-15(13(19)9-11)21-5-7-22(8-6-21)16-4-2-12(18)10-14(16)20;1-5(2,3)4/h1-4,9-10H,5-8,17-20H2;(H2,1,2,3,4). The van der Waals surface area contributed by atoms with Gasteiger partial charge in [0.05, 0.1) is 22.7 Å². The number of piperazine rings is 1. The van der Waals surface area contributed by atoms with Crippen molar-refractivity contribution in [1.82, 2.24) is 0 Å².